The van der Waals surface area contributed by atoms with Crippen molar-refractivity contribution < 1.29 is 0 Å². The highest BCUT2D eigenvalue weighted by atomic mass is 127. The summed E-state index contributed by atoms with van der Waals surface area (Å²) in [6.07, 6.45) is 0.920. The highest BCUT2D eigenvalue weighted by molar-refractivity contribution is 14.1. The van der Waals surface area contributed by atoms with E-state index in [0.29, 0.717) is 0 Å². The fourth-order valence-corrected chi connectivity index (χ4v) is 2.76. The zero-order valence-corrected chi connectivity index (χ0v) is 11.7. The fourth-order valence-electron chi connectivity index (χ4n) is 2.22. The van der Waals surface area contributed by atoms with Crippen molar-refractivity contribution in [1.29, 1.82) is 5.41 Å². The third kappa shape index (κ3) is 1.76. The molecule has 1 aromatic carbocycles. The highest BCUT2D eigenvalue weighted by Crippen LogP contribution is 2.32. The Morgan fingerprint density at radius 1 is 1.50 bits per heavy atom. The first-order valence-corrected chi connectivity index (χ1v) is 6.71. The van der Waals surface area contributed by atoms with Gasteiger partial charge in [0, 0.05) is 21.2 Å². The molecule has 1 aliphatic heterocycles. The number of hydrogen-bond donors (Lipinski definition) is 3. The summed E-state index contributed by atoms with van der Waals surface area (Å²) in [4.78, 5) is 0. The smallest absolute Gasteiger partial charge is 0.215 e. The monoisotopic (exact) mass is 353 g/mol. The standard InChI is InChI=1S/C12H12IN5/c13-8-3-1-2-7(6-8)10-9-4-5-16-11(9)18(17-10)12(14)15/h1-3,6,16H,4-5H2,(H3,14,15). The largest absolute Gasteiger partial charge is 0.369 e. The third-order valence-electron chi connectivity index (χ3n) is 2.98. The van der Waals surface area contributed by atoms with E-state index in [4.69, 9.17) is 11.1 Å². The Morgan fingerprint density at radius 2 is 2.33 bits per heavy atom. The lowest BCUT2D eigenvalue weighted by Crippen LogP contribution is -2.23. The number of rotatable bonds is 1. The second-order valence-corrected chi connectivity index (χ2v) is 5.41. The van der Waals surface area contributed by atoms with E-state index in [2.05, 4.69) is 39.1 Å². The summed E-state index contributed by atoms with van der Waals surface area (Å²) in [5.74, 6) is 0.800. The van der Waals surface area contributed by atoms with Gasteiger partial charge in [-0.05, 0) is 41.1 Å². The molecule has 2 aromatic rings. The number of nitrogens with zero attached hydrogens (tertiary/aromatic N) is 2. The van der Waals surface area contributed by atoms with Crippen molar-refractivity contribution in [1.82, 2.24) is 9.78 Å². The number of aromatic nitrogens is 2. The van der Waals surface area contributed by atoms with E-state index >= 15 is 0 Å². The number of fused-ring (bicyclic) bond motifs is 1. The lowest BCUT2D eigenvalue weighted by Gasteiger charge is -2.02. The first-order chi connectivity index (χ1) is 8.66. The minimum atomic E-state index is -0.0578. The van der Waals surface area contributed by atoms with Crippen LogP contribution in [-0.2, 0) is 6.42 Å². The second-order valence-electron chi connectivity index (χ2n) is 4.16. The van der Waals surface area contributed by atoms with Crippen molar-refractivity contribution in [2.75, 3.05) is 11.9 Å². The minimum Gasteiger partial charge on any atom is -0.369 e. The summed E-state index contributed by atoms with van der Waals surface area (Å²) in [5.41, 5.74) is 8.69. The van der Waals surface area contributed by atoms with Crippen molar-refractivity contribution in [3.63, 3.8) is 0 Å². The van der Waals surface area contributed by atoms with Crippen molar-refractivity contribution in [2.24, 2.45) is 5.73 Å². The van der Waals surface area contributed by atoms with Gasteiger partial charge in [0.1, 0.15) is 5.82 Å². The number of benzene rings is 1. The van der Waals surface area contributed by atoms with Gasteiger partial charge in [0.15, 0.2) is 0 Å². The molecular weight excluding hydrogens is 341 g/mol. The molecule has 2 heterocycles. The first-order valence-electron chi connectivity index (χ1n) is 5.63. The second kappa shape index (κ2) is 4.27. The van der Waals surface area contributed by atoms with Gasteiger partial charge < -0.3 is 11.1 Å². The normalized spacial score (nSPS) is 13.2. The predicted molar refractivity (Wildman–Crippen MR) is 79.9 cm³/mol. The summed E-state index contributed by atoms with van der Waals surface area (Å²) in [6.45, 7) is 0.872. The van der Waals surface area contributed by atoms with Gasteiger partial charge in [-0.3, -0.25) is 5.41 Å². The molecule has 1 aliphatic rings. The predicted octanol–water partition coefficient (Wildman–Crippen LogP) is 1.86. The van der Waals surface area contributed by atoms with E-state index in [1.54, 1.807) is 0 Å². The first kappa shape index (κ1) is 11.5. The average Bonchev–Trinajstić information content (AvgIpc) is 2.88. The van der Waals surface area contributed by atoms with Crippen LogP contribution >= 0.6 is 22.6 Å². The molecule has 0 amide bonds. The molecule has 92 valence electrons. The van der Waals surface area contributed by atoms with Crippen molar-refractivity contribution in [3.05, 3.63) is 33.4 Å². The molecule has 0 aliphatic carbocycles. The molecule has 1 aromatic heterocycles. The van der Waals surface area contributed by atoms with E-state index in [1.807, 2.05) is 18.2 Å². The number of nitrogen functional groups attached to an aromatic ring is 1. The van der Waals surface area contributed by atoms with Gasteiger partial charge in [-0.1, -0.05) is 12.1 Å². The van der Waals surface area contributed by atoms with Crippen molar-refractivity contribution in [3.8, 4) is 11.3 Å². The van der Waals surface area contributed by atoms with E-state index in [9.17, 15) is 0 Å². The molecule has 5 nitrogen and oxygen atoms in total. The van der Waals surface area contributed by atoms with Crippen LogP contribution in [0.3, 0.4) is 0 Å². The van der Waals surface area contributed by atoms with Gasteiger partial charge in [-0.25, -0.2) is 0 Å². The molecule has 3 rings (SSSR count). The molecule has 0 unspecified atom stereocenters. The lowest BCUT2D eigenvalue weighted by molar-refractivity contribution is 0.910. The maximum Gasteiger partial charge on any atom is 0.215 e. The van der Waals surface area contributed by atoms with Gasteiger partial charge in [0.2, 0.25) is 5.96 Å². The number of hydrogen-bond acceptors (Lipinski definition) is 3. The molecular formula is C12H12IN5. The van der Waals surface area contributed by atoms with E-state index < -0.39 is 0 Å². The SMILES string of the molecule is N=C(N)n1nc(-c2cccc(I)c2)c2c1NCC2. The summed E-state index contributed by atoms with van der Waals surface area (Å²) in [6, 6.07) is 8.18. The Morgan fingerprint density at radius 3 is 3.06 bits per heavy atom. The summed E-state index contributed by atoms with van der Waals surface area (Å²) >= 11 is 2.28. The van der Waals surface area contributed by atoms with Crippen LogP contribution in [-0.4, -0.2) is 22.3 Å². The van der Waals surface area contributed by atoms with Gasteiger partial charge in [-0.15, -0.1) is 0 Å². The quantitative estimate of drug-likeness (QED) is 0.416. The van der Waals surface area contributed by atoms with Crippen LogP contribution in [0.5, 0.6) is 0 Å². The van der Waals surface area contributed by atoms with Crippen molar-refractivity contribution in [2.45, 2.75) is 6.42 Å². The molecule has 0 spiro atoms. The van der Waals surface area contributed by atoms with Crippen LogP contribution in [0.25, 0.3) is 11.3 Å². The van der Waals surface area contributed by atoms with Crippen LogP contribution in [0.15, 0.2) is 24.3 Å². The molecule has 0 saturated heterocycles. The van der Waals surface area contributed by atoms with Crippen LogP contribution in [0.4, 0.5) is 5.82 Å². The fraction of sp³-hybridized carbons (Fsp3) is 0.167. The number of nitrogens with two attached hydrogens (primary N) is 1. The molecule has 0 radical (unpaired) electrons. The summed E-state index contributed by atoms with van der Waals surface area (Å²) in [7, 11) is 0. The van der Waals surface area contributed by atoms with E-state index in [0.717, 1.165) is 35.6 Å². The van der Waals surface area contributed by atoms with Crippen LogP contribution in [0, 0.1) is 8.98 Å². The number of halogens is 1. The molecule has 0 atom stereocenters. The van der Waals surface area contributed by atoms with E-state index in [-0.39, 0.29) is 5.96 Å². The van der Waals surface area contributed by atoms with Crippen LogP contribution in [0.1, 0.15) is 5.56 Å². The Labute approximate surface area is 118 Å². The number of anilines is 1. The number of nitrogens with one attached hydrogen (secondary N) is 2. The Balaban J connectivity index is 2.19. The zero-order valence-electron chi connectivity index (χ0n) is 9.57. The zero-order chi connectivity index (χ0) is 12.7. The summed E-state index contributed by atoms with van der Waals surface area (Å²) in [5, 5.41) is 15.2. The Bertz CT molecular complexity index is 631. The maximum absolute atomic E-state index is 7.56. The van der Waals surface area contributed by atoms with Gasteiger partial charge in [0.05, 0.1) is 5.69 Å². The summed E-state index contributed by atoms with van der Waals surface area (Å²) < 4.78 is 2.64. The lowest BCUT2D eigenvalue weighted by atomic mass is 10.1. The molecule has 4 N–H and O–H groups in total. The highest BCUT2D eigenvalue weighted by Gasteiger charge is 2.24. The minimum absolute atomic E-state index is 0.0578. The molecule has 0 bridgehead atoms. The molecule has 6 heteroatoms. The van der Waals surface area contributed by atoms with Gasteiger partial charge in [-0.2, -0.15) is 9.78 Å². The molecule has 18 heavy (non-hydrogen) atoms. The Hall–Kier alpha value is -1.57. The molecule has 0 saturated carbocycles. The van der Waals surface area contributed by atoms with Gasteiger partial charge in [0.25, 0.3) is 0 Å². The van der Waals surface area contributed by atoms with E-state index in [1.165, 1.54) is 8.25 Å². The topological polar surface area (TPSA) is 79.7 Å². The van der Waals surface area contributed by atoms with Crippen LogP contribution < -0.4 is 11.1 Å². The van der Waals surface area contributed by atoms with Crippen molar-refractivity contribution >= 4 is 34.4 Å². The molecule has 0 fully saturated rings. The maximum atomic E-state index is 7.56. The van der Waals surface area contributed by atoms with Gasteiger partial charge >= 0.3 is 0 Å². The average molecular weight is 353 g/mol. The Kier molecular flexibility index (Phi) is 2.73. The van der Waals surface area contributed by atoms with Crippen LogP contribution in [0.2, 0.25) is 0 Å². The third-order valence-corrected chi connectivity index (χ3v) is 3.65.